The Balaban J connectivity index is 2.06. The molecule has 0 heterocycles. The van der Waals surface area contributed by atoms with Crippen LogP contribution in [-0.4, -0.2) is 6.04 Å². The Hall–Kier alpha value is -0.0400. The fourth-order valence-corrected chi connectivity index (χ4v) is 2.42. The van der Waals surface area contributed by atoms with Gasteiger partial charge in [-0.25, -0.2) is 0 Å². The predicted octanol–water partition coefficient (Wildman–Crippen LogP) is 1.67. The fourth-order valence-electron chi connectivity index (χ4n) is 2.42. The highest BCUT2D eigenvalue weighted by molar-refractivity contribution is 5.00. The van der Waals surface area contributed by atoms with E-state index in [0.29, 0.717) is 11.5 Å². The molecule has 0 radical (unpaired) electrons. The first-order valence-corrected chi connectivity index (χ1v) is 4.09. The molecule has 2 rings (SSSR count). The second-order valence-electron chi connectivity index (χ2n) is 3.71. The summed E-state index contributed by atoms with van der Waals surface area (Å²) in [5.41, 5.74) is 6.57. The Morgan fingerprint density at radius 1 is 1.11 bits per heavy atom. The zero-order valence-corrected chi connectivity index (χ0v) is 5.90. The fraction of sp³-hybridized carbons (Fsp3) is 1.00. The Kier molecular flexibility index (Phi) is 1.10. The maximum atomic E-state index is 5.92. The van der Waals surface area contributed by atoms with Crippen molar-refractivity contribution in [1.29, 1.82) is 0 Å². The van der Waals surface area contributed by atoms with Gasteiger partial charge in [-0.05, 0) is 31.1 Å². The molecule has 0 bridgehead atoms. The van der Waals surface area contributed by atoms with E-state index in [1.54, 1.807) is 0 Å². The summed E-state index contributed by atoms with van der Waals surface area (Å²) in [6, 6.07) is 0.569. The van der Waals surface area contributed by atoms with Crippen LogP contribution >= 0.6 is 0 Å². The van der Waals surface area contributed by atoms with Gasteiger partial charge in [0.15, 0.2) is 0 Å². The van der Waals surface area contributed by atoms with E-state index in [1.165, 1.54) is 38.5 Å². The van der Waals surface area contributed by atoms with E-state index in [-0.39, 0.29) is 0 Å². The first-order valence-electron chi connectivity index (χ1n) is 4.09. The molecule has 2 aliphatic rings. The second-order valence-corrected chi connectivity index (χ2v) is 3.71. The average molecular weight is 125 g/mol. The minimum atomic E-state index is 0.569. The largest absolute Gasteiger partial charge is 0.327 e. The number of nitrogens with two attached hydrogens (primary N) is 1. The van der Waals surface area contributed by atoms with Crippen LogP contribution in [0.15, 0.2) is 0 Å². The highest BCUT2D eigenvalue weighted by Crippen LogP contribution is 2.52. The van der Waals surface area contributed by atoms with Crippen molar-refractivity contribution in [3.05, 3.63) is 0 Å². The van der Waals surface area contributed by atoms with Crippen molar-refractivity contribution in [3.8, 4) is 0 Å². The molecule has 0 aliphatic heterocycles. The van der Waals surface area contributed by atoms with Gasteiger partial charge in [-0.1, -0.05) is 12.8 Å². The van der Waals surface area contributed by atoms with Crippen LogP contribution in [-0.2, 0) is 0 Å². The van der Waals surface area contributed by atoms with Gasteiger partial charge in [-0.15, -0.1) is 0 Å². The first-order chi connectivity index (χ1) is 4.33. The maximum Gasteiger partial charge on any atom is 0.00957 e. The summed E-state index contributed by atoms with van der Waals surface area (Å²) in [6.07, 6.45) is 8.44. The molecule has 0 amide bonds. The van der Waals surface area contributed by atoms with Crippen LogP contribution in [0.3, 0.4) is 0 Å². The molecule has 1 heteroatoms. The van der Waals surface area contributed by atoms with Crippen LogP contribution in [0.5, 0.6) is 0 Å². The van der Waals surface area contributed by atoms with E-state index >= 15 is 0 Å². The third-order valence-corrected chi connectivity index (χ3v) is 3.34. The van der Waals surface area contributed by atoms with Crippen LogP contribution in [0.4, 0.5) is 0 Å². The smallest absolute Gasteiger partial charge is 0.00957 e. The molecular formula is C8H15N. The number of hydrogen-bond acceptors (Lipinski definition) is 1. The molecular weight excluding hydrogens is 110 g/mol. The van der Waals surface area contributed by atoms with E-state index in [4.69, 9.17) is 5.73 Å². The van der Waals surface area contributed by atoms with Crippen molar-refractivity contribution < 1.29 is 0 Å². The molecule has 0 unspecified atom stereocenters. The summed E-state index contributed by atoms with van der Waals surface area (Å²) >= 11 is 0. The number of hydrogen-bond donors (Lipinski definition) is 1. The van der Waals surface area contributed by atoms with E-state index in [1.807, 2.05) is 0 Å². The van der Waals surface area contributed by atoms with Gasteiger partial charge in [0.05, 0.1) is 0 Å². The molecule has 2 saturated carbocycles. The normalized spacial score (nSPS) is 39.0. The summed E-state index contributed by atoms with van der Waals surface area (Å²) in [5, 5.41) is 0. The minimum Gasteiger partial charge on any atom is -0.327 e. The highest BCUT2D eigenvalue weighted by Gasteiger charge is 2.45. The van der Waals surface area contributed by atoms with E-state index in [9.17, 15) is 0 Å². The first kappa shape index (κ1) is 5.72. The Labute approximate surface area is 56.6 Å². The quantitative estimate of drug-likeness (QED) is 0.523. The second kappa shape index (κ2) is 1.72. The Bertz CT molecular complexity index is 114. The van der Waals surface area contributed by atoms with Crippen molar-refractivity contribution in [2.45, 2.75) is 44.6 Å². The van der Waals surface area contributed by atoms with Crippen LogP contribution < -0.4 is 5.73 Å². The van der Waals surface area contributed by atoms with Crippen molar-refractivity contribution in [3.63, 3.8) is 0 Å². The molecule has 1 atom stereocenters. The SMILES string of the molecule is N[C@@H]1CCC12CCCC2. The topological polar surface area (TPSA) is 26.0 Å². The molecule has 2 aliphatic carbocycles. The van der Waals surface area contributed by atoms with Gasteiger partial charge in [0.2, 0.25) is 0 Å². The van der Waals surface area contributed by atoms with Gasteiger partial charge < -0.3 is 5.73 Å². The summed E-state index contributed by atoms with van der Waals surface area (Å²) in [7, 11) is 0. The van der Waals surface area contributed by atoms with Gasteiger partial charge in [-0.2, -0.15) is 0 Å². The van der Waals surface area contributed by atoms with Crippen molar-refractivity contribution in [2.75, 3.05) is 0 Å². The molecule has 9 heavy (non-hydrogen) atoms. The average Bonchev–Trinajstić information content (AvgIpc) is 2.34. The Morgan fingerprint density at radius 3 is 2.00 bits per heavy atom. The lowest BCUT2D eigenvalue weighted by molar-refractivity contribution is 0.102. The highest BCUT2D eigenvalue weighted by atomic mass is 14.8. The lowest BCUT2D eigenvalue weighted by Crippen LogP contribution is -2.48. The third kappa shape index (κ3) is 0.644. The van der Waals surface area contributed by atoms with Crippen molar-refractivity contribution in [1.82, 2.24) is 0 Å². The molecule has 2 fully saturated rings. The minimum absolute atomic E-state index is 0.569. The molecule has 0 saturated heterocycles. The summed E-state index contributed by atoms with van der Waals surface area (Å²) < 4.78 is 0. The maximum absolute atomic E-state index is 5.92. The van der Waals surface area contributed by atoms with Gasteiger partial charge in [0, 0.05) is 6.04 Å². The van der Waals surface area contributed by atoms with Gasteiger partial charge in [-0.3, -0.25) is 0 Å². The van der Waals surface area contributed by atoms with Gasteiger partial charge >= 0.3 is 0 Å². The monoisotopic (exact) mass is 125 g/mol. The molecule has 0 aromatic carbocycles. The third-order valence-electron chi connectivity index (χ3n) is 3.34. The van der Waals surface area contributed by atoms with E-state index in [0.717, 1.165) is 0 Å². The van der Waals surface area contributed by atoms with E-state index < -0.39 is 0 Å². The standard InChI is InChI=1S/C8H15N/c9-7-3-6-8(7)4-1-2-5-8/h7H,1-6,9H2/t7-/m1/s1. The van der Waals surface area contributed by atoms with Crippen molar-refractivity contribution >= 4 is 0 Å². The zero-order chi connectivity index (χ0) is 6.32. The molecule has 0 aromatic heterocycles. The number of rotatable bonds is 0. The van der Waals surface area contributed by atoms with Crippen LogP contribution in [0, 0.1) is 5.41 Å². The summed E-state index contributed by atoms with van der Waals surface area (Å²) in [4.78, 5) is 0. The van der Waals surface area contributed by atoms with Crippen LogP contribution in [0.2, 0.25) is 0 Å². The molecule has 0 aromatic rings. The molecule has 1 nitrogen and oxygen atoms in total. The van der Waals surface area contributed by atoms with E-state index in [2.05, 4.69) is 0 Å². The Morgan fingerprint density at radius 2 is 1.78 bits per heavy atom. The molecule has 2 N–H and O–H groups in total. The van der Waals surface area contributed by atoms with Gasteiger partial charge in [0.25, 0.3) is 0 Å². The van der Waals surface area contributed by atoms with Crippen molar-refractivity contribution in [2.24, 2.45) is 11.1 Å². The lowest BCUT2D eigenvalue weighted by Gasteiger charge is -2.45. The summed E-state index contributed by atoms with van der Waals surface area (Å²) in [6.45, 7) is 0. The molecule has 1 spiro atoms. The van der Waals surface area contributed by atoms with Crippen LogP contribution in [0.1, 0.15) is 38.5 Å². The van der Waals surface area contributed by atoms with Gasteiger partial charge in [0.1, 0.15) is 0 Å². The molecule has 52 valence electrons. The predicted molar refractivity (Wildman–Crippen MR) is 38.1 cm³/mol. The zero-order valence-electron chi connectivity index (χ0n) is 5.90. The summed E-state index contributed by atoms with van der Waals surface area (Å²) in [5.74, 6) is 0. The lowest BCUT2D eigenvalue weighted by atomic mass is 9.64. The van der Waals surface area contributed by atoms with Crippen LogP contribution in [0.25, 0.3) is 0 Å².